The van der Waals surface area contributed by atoms with Crippen molar-refractivity contribution >= 4 is 0 Å². The largest absolute Gasteiger partial charge is 0.396 e. The molecular formula is C13H27NO. The summed E-state index contributed by atoms with van der Waals surface area (Å²) in [5, 5.41) is 9.42. The van der Waals surface area contributed by atoms with Crippen LogP contribution in [0, 0.1) is 5.92 Å². The quantitative estimate of drug-likeness (QED) is 0.733. The molecule has 0 bridgehead atoms. The Morgan fingerprint density at radius 2 is 1.67 bits per heavy atom. The van der Waals surface area contributed by atoms with Crippen molar-refractivity contribution in [3.8, 4) is 0 Å². The molecule has 15 heavy (non-hydrogen) atoms. The van der Waals surface area contributed by atoms with E-state index in [0.29, 0.717) is 18.6 Å². The molecule has 1 rings (SSSR count). The lowest BCUT2D eigenvalue weighted by Crippen LogP contribution is -2.44. The first-order valence-corrected chi connectivity index (χ1v) is 6.68. The first-order chi connectivity index (χ1) is 7.33. The standard InChI is InChI=1S/C13H27NO/c1-3-9-14(10-4-2)13-8-6-5-7-12(13)11-15/h12-13,15H,3-11H2,1-2H3. The van der Waals surface area contributed by atoms with Gasteiger partial charge >= 0.3 is 0 Å². The molecule has 1 fully saturated rings. The minimum absolute atomic E-state index is 0.384. The molecular weight excluding hydrogens is 186 g/mol. The van der Waals surface area contributed by atoms with E-state index in [4.69, 9.17) is 0 Å². The topological polar surface area (TPSA) is 23.5 Å². The molecule has 0 aromatic carbocycles. The Morgan fingerprint density at radius 3 is 2.20 bits per heavy atom. The Morgan fingerprint density at radius 1 is 1.07 bits per heavy atom. The van der Waals surface area contributed by atoms with Gasteiger partial charge in [0.15, 0.2) is 0 Å². The van der Waals surface area contributed by atoms with Gasteiger partial charge in [0, 0.05) is 12.6 Å². The Balaban J connectivity index is 2.53. The van der Waals surface area contributed by atoms with Crippen LogP contribution in [0.2, 0.25) is 0 Å². The van der Waals surface area contributed by atoms with Gasteiger partial charge < -0.3 is 10.0 Å². The average Bonchev–Trinajstić information content (AvgIpc) is 2.29. The van der Waals surface area contributed by atoms with Crippen molar-refractivity contribution in [2.75, 3.05) is 19.7 Å². The average molecular weight is 213 g/mol. The van der Waals surface area contributed by atoms with E-state index in [1.807, 2.05) is 0 Å². The zero-order valence-electron chi connectivity index (χ0n) is 10.4. The molecule has 0 heterocycles. The van der Waals surface area contributed by atoms with Crippen LogP contribution < -0.4 is 0 Å². The summed E-state index contributed by atoms with van der Waals surface area (Å²) in [6, 6.07) is 0.656. The smallest absolute Gasteiger partial charge is 0.0474 e. The number of hydrogen-bond acceptors (Lipinski definition) is 2. The summed E-state index contributed by atoms with van der Waals surface area (Å²) in [6.07, 6.45) is 7.65. The molecule has 1 aliphatic rings. The fourth-order valence-corrected chi connectivity index (χ4v) is 2.90. The van der Waals surface area contributed by atoms with Crippen LogP contribution in [0.25, 0.3) is 0 Å². The van der Waals surface area contributed by atoms with Crippen LogP contribution in [-0.4, -0.2) is 35.7 Å². The van der Waals surface area contributed by atoms with E-state index in [0.717, 1.165) is 0 Å². The van der Waals surface area contributed by atoms with Gasteiger partial charge in [0.2, 0.25) is 0 Å². The molecule has 0 radical (unpaired) electrons. The Kier molecular flexibility index (Phi) is 6.26. The third-order valence-corrected chi connectivity index (χ3v) is 3.59. The van der Waals surface area contributed by atoms with Gasteiger partial charge in [-0.15, -0.1) is 0 Å². The van der Waals surface area contributed by atoms with Crippen molar-refractivity contribution in [3.05, 3.63) is 0 Å². The lowest BCUT2D eigenvalue weighted by atomic mass is 9.84. The molecule has 2 heteroatoms. The first kappa shape index (κ1) is 13.0. The monoisotopic (exact) mass is 213 g/mol. The van der Waals surface area contributed by atoms with Gasteiger partial charge in [-0.1, -0.05) is 26.7 Å². The summed E-state index contributed by atoms with van der Waals surface area (Å²) >= 11 is 0. The Hall–Kier alpha value is -0.0800. The minimum Gasteiger partial charge on any atom is -0.396 e. The Bertz CT molecular complexity index is 155. The van der Waals surface area contributed by atoms with Gasteiger partial charge in [-0.3, -0.25) is 0 Å². The minimum atomic E-state index is 0.384. The summed E-state index contributed by atoms with van der Waals surface area (Å²) in [4.78, 5) is 2.61. The van der Waals surface area contributed by atoms with Crippen LogP contribution in [0.5, 0.6) is 0 Å². The molecule has 0 spiro atoms. The number of nitrogens with zero attached hydrogens (tertiary/aromatic N) is 1. The molecule has 0 aromatic heterocycles. The second-order valence-corrected chi connectivity index (χ2v) is 4.83. The summed E-state index contributed by atoms with van der Waals surface area (Å²) in [5.41, 5.74) is 0. The number of rotatable bonds is 6. The normalized spacial score (nSPS) is 27.2. The van der Waals surface area contributed by atoms with Crippen molar-refractivity contribution in [3.63, 3.8) is 0 Å². The molecule has 1 N–H and O–H groups in total. The summed E-state index contributed by atoms with van der Waals surface area (Å²) in [6.45, 7) is 7.29. The van der Waals surface area contributed by atoms with Gasteiger partial charge in [-0.25, -0.2) is 0 Å². The predicted molar refractivity (Wildman–Crippen MR) is 65.0 cm³/mol. The van der Waals surface area contributed by atoms with Crippen LogP contribution in [0.1, 0.15) is 52.4 Å². The molecule has 0 aromatic rings. The second kappa shape index (κ2) is 7.24. The van der Waals surface area contributed by atoms with E-state index in [2.05, 4.69) is 18.7 Å². The van der Waals surface area contributed by atoms with Crippen molar-refractivity contribution in [2.24, 2.45) is 5.92 Å². The zero-order chi connectivity index (χ0) is 11.1. The molecule has 1 saturated carbocycles. The van der Waals surface area contributed by atoms with Crippen LogP contribution in [0.3, 0.4) is 0 Å². The molecule has 0 aliphatic heterocycles. The SMILES string of the molecule is CCCN(CCC)C1CCCCC1CO. The third kappa shape index (κ3) is 3.76. The highest BCUT2D eigenvalue weighted by Crippen LogP contribution is 2.28. The predicted octanol–water partition coefficient (Wildman–Crippen LogP) is 2.66. The highest BCUT2D eigenvalue weighted by atomic mass is 16.3. The molecule has 0 amide bonds. The number of aliphatic hydroxyl groups is 1. The molecule has 0 saturated heterocycles. The Labute approximate surface area is 94.7 Å². The van der Waals surface area contributed by atoms with Crippen LogP contribution in [-0.2, 0) is 0 Å². The van der Waals surface area contributed by atoms with E-state index in [1.165, 1.54) is 51.6 Å². The summed E-state index contributed by atoms with van der Waals surface area (Å²) < 4.78 is 0. The maximum Gasteiger partial charge on any atom is 0.0474 e. The lowest BCUT2D eigenvalue weighted by molar-refractivity contribution is 0.0652. The van der Waals surface area contributed by atoms with Gasteiger partial charge in [0.05, 0.1) is 0 Å². The van der Waals surface area contributed by atoms with Crippen molar-refractivity contribution in [1.29, 1.82) is 0 Å². The highest BCUT2D eigenvalue weighted by Gasteiger charge is 2.28. The molecule has 90 valence electrons. The van der Waals surface area contributed by atoms with Crippen molar-refractivity contribution in [2.45, 2.75) is 58.4 Å². The fraction of sp³-hybridized carbons (Fsp3) is 1.00. The summed E-state index contributed by atoms with van der Waals surface area (Å²) in [7, 11) is 0. The van der Waals surface area contributed by atoms with Gasteiger partial charge in [0.25, 0.3) is 0 Å². The molecule has 2 nitrogen and oxygen atoms in total. The van der Waals surface area contributed by atoms with Crippen molar-refractivity contribution < 1.29 is 5.11 Å². The van der Waals surface area contributed by atoms with E-state index in [-0.39, 0.29) is 0 Å². The van der Waals surface area contributed by atoms with E-state index < -0.39 is 0 Å². The third-order valence-electron chi connectivity index (χ3n) is 3.59. The molecule has 1 aliphatic carbocycles. The fourth-order valence-electron chi connectivity index (χ4n) is 2.90. The molecule has 2 unspecified atom stereocenters. The van der Waals surface area contributed by atoms with E-state index in [1.54, 1.807) is 0 Å². The number of hydrogen-bond donors (Lipinski definition) is 1. The van der Waals surface area contributed by atoms with Gasteiger partial charge in [0.1, 0.15) is 0 Å². The zero-order valence-corrected chi connectivity index (χ0v) is 10.4. The van der Waals surface area contributed by atoms with E-state index >= 15 is 0 Å². The first-order valence-electron chi connectivity index (χ1n) is 6.68. The van der Waals surface area contributed by atoms with Gasteiger partial charge in [-0.2, -0.15) is 0 Å². The van der Waals surface area contributed by atoms with Gasteiger partial charge in [-0.05, 0) is 44.7 Å². The second-order valence-electron chi connectivity index (χ2n) is 4.83. The van der Waals surface area contributed by atoms with Crippen LogP contribution in [0.4, 0.5) is 0 Å². The lowest BCUT2D eigenvalue weighted by Gasteiger charge is -2.39. The van der Waals surface area contributed by atoms with E-state index in [9.17, 15) is 5.11 Å². The summed E-state index contributed by atoms with van der Waals surface area (Å²) in [5.74, 6) is 0.539. The maximum atomic E-state index is 9.42. The molecule has 2 atom stereocenters. The maximum absolute atomic E-state index is 9.42. The van der Waals surface area contributed by atoms with Crippen molar-refractivity contribution in [1.82, 2.24) is 4.90 Å². The number of aliphatic hydroxyl groups excluding tert-OH is 1. The van der Waals surface area contributed by atoms with Crippen LogP contribution >= 0.6 is 0 Å². The van der Waals surface area contributed by atoms with Crippen LogP contribution in [0.15, 0.2) is 0 Å². The highest BCUT2D eigenvalue weighted by molar-refractivity contribution is 4.82.